The Hall–Kier alpha value is -2.35. The molecule has 33 heavy (non-hydrogen) atoms. The van der Waals surface area contributed by atoms with Crippen LogP contribution in [0.3, 0.4) is 0 Å². The number of nitrogens with one attached hydrogen (secondary N) is 1. The first-order chi connectivity index (χ1) is 15.8. The number of hydrogen-bond donors (Lipinski definition) is 1. The standard InChI is InChI=1S/C24H21BrCl2N2O4/c25-18-11-14(7-9-21(18)33-13-15-6-8-19(26)20(27)12-15)10-17-22(30)28-24(32)29(23(17)31)16-4-2-1-3-5-16/h6-12,16H,1-5,13H2,(H,28,30,32). The molecule has 2 aromatic rings. The van der Waals surface area contributed by atoms with Gasteiger partial charge in [0, 0.05) is 6.04 Å². The Kier molecular flexibility index (Phi) is 7.41. The molecule has 1 aliphatic heterocycles. The van der Waals surface area contributed by atoms with Gasteiger partial charge in [-0.15, -0.1) is 0 Å². The van der Waals surface area contributed by atoms with Gasteiger partial charge in [0.05, 0.1) is 14.5 Å². The number of carbonyl (C=O) groups is 3. The number of rotatable bonds is 5. The first-order valence-corrected chi connectivity index (χ1v) is 12.1. The maximum Gasteiger partial charge on any atom is 0.331 e. The van der Waals surface area contributed by atoms with Crippen LogP contribution in [-0.2, 0) is 16.2 Å². The number of carbonyl (C=O) groups excluding carboxylic acids is 3. The number of nitrogens with zero attached hydrogens (tertiary/aromatic N) is 1. The second kappa shape index (κ2) is 10.3. The average Bonchev–Trinajstić information content (AvgIpc) is 2.79. The number of urea groups is 1. The fraction of sp³-hybridized carbons (Fsp3) is 0.292. The first kappa shape index (κ1) is 23.8. The van der Waals surface area contributed by atoms with Gasteiger partial charge < -0.3 is 4.74 Å². The van der Waals surface area contributed by atoms with Gasteiger partial charge in [-0.2, -0.15) is 0 Å². The third kappa shape index (κ3) is 5.42. The maximum absolute atomic E-state index is 13.0. The van der Waals surface area contributed by atoms with Crippen LogP contribution in [0.25, 0.3) is 6.08 Å². The Morgan fingerprint density at radius 2 is 1.79 bits per heavy atom. The van der Waals surface area contributed by atoms with Crippen LogP contribution in [0.1, 0.15) is 43.2 Å². The molecule has 0 radical (unpaired) electrons. The monoisotopic (exact) mass is 550 g/mol. The van der Waals surface area contributed by atoms with E-state index in [0.717, 1.165) is 37.7 Å². The van der Waals surface area contributed by atoms with Crippen LogP contribution in [0.15, 0.2) is 46.4 Å². The Balaban J connectivity index is 1.51. The first-order valence-electron chi connectivity index (χ1n) is 10.6. The predicted octanol–water partition coefficient (Wildman–Crippen LogP) is 6.13. The normalized spacial score (nSPS) is 18.6. The third-order valence-corrected chi connectivity index (χ3v) is 7.08. The molecule has 2 aromatic carbocycles. The summed E-state index contributed by atoms with van der Waals surface area (Å²) in [6.45, 7) is 0.287. The van der Waals surface area contributed by atoms with E-state index in [1.165, 1.54) is 11.0 Å². The molecule has 6 nitrogen and oxygen atoms in total. The molecule has 1 saturated carbocycles. The van der Waals surface area contributed by atoms with Crippen molar-refractivity contribution in [2.45, 2.75) is 44.8 Å². The second-order valence-electron chi connectivity index (χ2n) is 8.01. The molecular formula is C24H21BrCl2N2O4. The minimum absolute atomic E-state index is 0.0588. The lowest BCUT2D eigenvalue weighted by molar-refractivity contribution is -0.132. The van der Waals surface area contributed by atoms with Crippen LogP contribution in [-0.4, -0.2) is 28.8 Å². The fourth-order valence-corrected chi connectivity index (χ4v) is 4.85. The molecule has 4 amide bonds. The molecule has 4 rings (SSSR count). The van der Waals surface area contributed by atoms with E-state index in [1.54, 1.807) is 30.3 Å². The van der Waals surface area contributed by atoms with E-state index in [0.29, 0.717) is 25.8 Å². The molecule has 0 aromatic heterocycles. The van der Waals surface area contributed by atoms with Gasteiger partial charge in [-0.25, -0.2) is 4.79 Å². The molecule has 1 N–H and O–H groups in total. The molecule has 0 bridgehead atoms. The molecular weight excluding hydrogens is 531 g/mol. The van der Waals surface area contributed by atoms with Crippen molar-refractivity contribution in [1.29, 1.82) is 0 Å². The summed E-state index contributed by atoms with van der Waals surface area (Å²) in [5.74, 6) is -0.651. The van der Waals surface area contributed by atoms with Gasteiger partial charge in [-0.05, 0) is 70.2 Å². The highest BCUT2D eigenvalue weighted by molar-refractivity contribution is 9.10. The van der Waals surface area contributed by atoms with Crippen LogP contribution < -0.4 is 10.1 Å². The van der Waals surface area contributed by atoms with Crippen LogP contribution in [0.5, 0.6) is 5.75 Å². The zero-order chi connectivity index (χ0) is 23.5. The Labute approximate surface area is 210 Å². The Bertz CT molecular complexity index is 1150. The summed E-state index contributed by atoms with van der Waals surface area (Å²) in [7, 11) is 0. The summed E-state index contributed by atoms with van der Waals surface area (Å²) in [6.07, 6.45) is 6.04. The van der Waals surface area contributed by atoms with E-state index in [9.17, 15) is 14.4 Å². The molecule has 0 unspecified atom stereocenters. The van der Waals surface area contributed by atoms with Crippen molar-refractivity contribution in [2.24, 2.45) is 0 Å². The molecule has 0 spiro atoms. The lowest BCUT2D eigenvalue weighted by atomic mass is 9.93. The summed E-state index contributed by atoms with van der Waals surface area (Å²) in [5, 5.41) is 3.23. The van der Waals surface area contributed by atoms with Crippen molar-refractivity contribution >= 4 is 63.1 Å². The zero-order valence-electron chi connectivity index (χ0n) is 17.6. The lowest BCUT2D eigenvalue weighted by Crippen LogP contribution is -2.58. The van der Waals surface area contributed by atoms with Gasteiger partial charge in [0.1, 0.15) is 17.9 Å². The van der Waals surface area contributed by atoms with Crippen LogP contribution >= 0.6 is 39.1 Å². The molecule has 2 aliphatic rings. The van der Waals surface area contributed by atoms with E-state index in [-0.39, 0.29) is 18.2 Å². The van der Waals surface area contributed by atoms with Crippen LogP contribution in [0.4, 0.5) is 4.79 Å². The highest BCUT2D eigenvalue weighted by Crippen LogP contribution is 2.30. The van der Waals surface area contributed by atoms with Crippen molar-refractivity contribution < 1.29 is 19.1 Å². The van der Waals surface area contributed by atoms with Gasteiger partial charge in [-0.1, -0.05) is 54.6 Å². The van der Waals surface area contributed by atoms with Crippen molar-refractivity contribution in [3.05, 3.63) is 67.6 Å². The molecule has 1 aliphatic carbocycles. The van der Waals surface area contributed by atoms with Crippen LogP contribution in [0.2, 0.25) is 10.0 Å². The smallest absolute Gasteiger partial charge is 0.331 e. The summed E-state index contributed by atoms with van der Waals surface area (Å²) in [5.41, 5.74) is 1.43. The van der Waals surface area contributed by atoms with Crippen molar-refractivity contribution in [3.8, 4) is 5.75 Å². The number of amides is 4. The minimum atomic E-state index is -0.687. The van der Waals surface area contributed by atoms with Gasteiger partial charge in [0.2, 0.25) is 0 Å². The Morgan fingerprint density at radius 3 is 2.48 bits per heavy atom. The highest BCUT2D eigenvalue weighted by Gasteiger charge is 2.40. The van der Waals surface area contributed by atoms with Gasteiger partial charge >= 0.3 is 6.03 Å². The number of benzene rings is 2. The SMILES string of the molecule is O=C1NC(=O)N(C2CCCCC2)C(=O)C1=Cc1ccc(OCc2ccc(Cl)c(Cl)c2)c(Br)c1. The maximum atomic E-state index is 13.0. The van der Waals surface area contributed by atoms with E-state index < -0.39 is 17.8 Å². The molecule has 0 atom stereocenters. The topological polar surface area (TPSA) is 75.7 Å². The minimum Gasteiger partial charge on any atom is -0.488 e. The molecule has 2 fully saturated rings. The summed E-state index contributed by atoms with van der Waals surface area (Å²) >= 11 is 15.5. The van der Waals surface area contributed by atoms with E-state index in [4.69, 9.17) is 27.9 Å². The summed E-state index contributed by atoms with van der Waals surface area (Å²) in [6, 6.07) is 9.69. The number of imide groups is 2. The summed E-state index contributed by atoms with van der Waals surface area (Å²) < 4.78 is 6.50. The molecule has 1 saturated heterocycles. The van der Waals surface area contributed by atoms with Gasteiger partial charge in [-0.3, -0.25) is 19.8 Å². The van der Waals surface area contributed by atoms with E-state index in [2.05, 4.69) is 21.2 Å². The number of barbiturate groups is 1. The number of ether oxygens (including phenoxy) is 1. The quantitative estimate of drug-likeness (QED) is 0.358. The predicted molar refractivity (Wildman–Crippen MR) is 130 cm³/mol. The fourth-order valence-electron chi connectivity index (χ4n) is 4.02. The molecule has 9 heteroatoms. The van der Waals surface area contributed by atoms with Crippen molar-refractivity contribution in [2.75, 3.05) is 0 Å². The lowest BCUT2D eigenvalue weighted by Gasteiger charge is -2.35. The van der Waals surface area contributed by atoms with Gasteiger partial charge in [0.25, 0.3) is 11.8 Å². The number of hydrogen-bond acceptors (Lipinski definition) is 4. The average molecular weight is 552 g/mol. The van der Waals surface area contributed by atoms with Crippen molar-refractivity contribution in [1.82, 2.24) is 10.2 Å². The number of halogens is 3. The largest absolute Gasteiger partial charge is 0.488 e. The highest BCUT2D eigenvalue weighted by atomic mass is 79.9. The third-order valence-electron chi connectivity index (χ3n) is 5.72. The zero-order valence-corrected chi connectivity index (χ0v) is 20.7. The molecule has 1 heterocycles. The van der Waals surface area contributed by atoms with E-state index >= 15 is 0 Å². The summed E-state index contributed by atoms with van der Waals surface area (Å²) in [4.78, 5) is 39.0. The second-order valence-corrected chi connectivity index (χ2v) is 9.68. The van der Waals surface area contributed by atoms with Crippen molar-refractivity contribution in [3.63, 3.8) is 0 Å². The Morgan fingerprint density at radius 1 is 1.03 bits per heavy atom. The molecule has 172 valence electrons. The van der Waals surface area contributed by atoms with E-state index in [1.807, 2.05) is 6.07 Å². The van der Waals surface area contributed by atoms with Gasteiger partial charge in [0.15, 0.2) is 0 Å². The van der Waals surface area contributed by atoms with Crippen LogP contribution in [0, 0.1) is 0 Å².